The topological polar surface area (TPSA) is 151 Å². The molecule has 1 saturated heterocycles. The second-order valence-electron chi connectivity index (χ2n) is 9.49. The quantitative estimate of drug-likeness (QED) is 0.223. The van der Waals surface area contributed by atoms with Crippen molar-refractivity contribution in [2.24, 2.45) is 0 Å². The molecule has 1 aliphatic rings. The van der Waals surface area contributed by atoms with Crippen LogP contribution in [-0.2, 0) is 18.9 Å². The third-order valence-electron chi connectivity index (χ3n) is 6.66. The molecule has 5 aromatic rings. The normalized spacial score (nSPS) is 21.6. The summed E-state index contributed by atoms with van der Waals surface area (Å²) in [6, 6.07) is 25.9. The van der Waals surface area contributed by atoms with Crippen LogP contribution in [0.15, 0.2) is 109 Å². The Labute approximate surface area is 244 Å². The highest BCUT2D eigenvalue weighted by molar-refractivity contribution is 5.91. The van der Waals surface area contributed by atoms with Gasteiger partial charge < -0.3 is 24.1 Å². The Kier molecular flexibility index (Phi) is 7.85. The van der Waals surface area contributed by atoms with Crippen molar-refractivity contribution in [3.05, 3.63) is 132 Å². The van der Waals surface area contributed by atoms with E-state index in [-0.39, 0.29) is 28.3 Å². The molecule has 2 aromatic heterocycles. The average Bonchev–Trinajstić information content (AvgIpc) is 3.49. The first kappa shape index (κ1) is 27.7. The molecule has 0 spiro atoms. The molecule has 1 fully saturated rings. The zero-order valence-corrected chi connectivity index (χ0v) is 22.4. The number of carbonyl (C=O) groups excluding carboxylic acids is 3. The van der Waals surface area contributed by atoms with Crippen molar-refractivity contribution in [1.29, 1.82) is 0 Å². The molecule has 43 heavy (non-hydrogen) atoms. The first-order valence-electron chi connectivity index (χ1n) is 13.3. The van der Waals surface area contributed by atoms with Crippen LogP contribution in [0.4, 0.5) is 0 Å². The Morgan fingerprint density at radius 1 is 0.674 bits per heavy atom. The molecule has 216 valence electrons. The number of nitrogens with zero attached hydrogens (tertiary/aromatic N) is 4. The molecule has 0 bridgehead atoms. The minimum absolute atomic E-state index is 0.0165. The van der Waals surface area contributed by atoms with E-state index in [1.807, 2.05) is 0 Å². The fourth-order valence-corrected chi connectivity index (χ4v) is 4.59. The number of ether oxygens (including phenoxy) is 4. The van der Waals surface area contributed by atoms with Crippen LogP contribution >= 0.6 is 0 Å². The molecule has 1 aliphatic heterocycles. The Bertz CT molecular complexity index is 1700. The summed E-state index contributed by atoms with van der Waals surface area (Å²) < 4.78 is 24.7. The highest BCUT2D eigenvalue weighted by Gasteiger charge is 2.54. The van der Waals surface area contributed by atoms with Crippen LogP contribution in [0.5, 0.6) is 0 Å². The van der Waals surface area contributed by atoms with E-state index in [9.17, 15) is 19.5 Å². The van der Waals surface area contributed by atoms with Gasteiger partial charge in [-0.05, 0) is 42.5 Å². The Morgan fingerprint density at radius 2 is 1.16 bits per heavy atom. The van der Waals surface area contributed by atoms with Gasteiger partial charge in [0.2, 0.25) is 0 Å². The second kappa shape index (κ2) is 12.2. The lowest BCUT2D eigenvalue weighted by molar-refractivity contribution is -0.283. The van der Waals surface area contributed by atoms with E-state index in [1.165, 1.54) is 35.0 Å². The number of benzene rings is 3. The Hall–Kier alpha value is -5.46. The number of hydrogen-bond acceptors (Lipinski definition) is 11. The van der Waals surface area contributed by atoms with Crippen LogP contribution in [-0.4, -0.2) is 67.2 Å². The van der Waals surface area contributed by atoms with E-state index in [2.05, 4.69) is 15.1 Å². The number of rotatable bonds is 7. The van der Waals surface area contributed by atoms with Gasteiger partial charge in [-0.3, -0.25) is 0 Å². The van der Waals surface area contributed by atoms with Gasteiger partial charge in [0, 0.05) is 12.4 Å². The monoisotopic (exact) mass is 580 g/mol. The summed E-state index contributed by atoms with van der Waals surface area (Å²) in [4.78, 5) is 48.3. The number of carbonyl (C=O) groups is 3. The van der Waals surface area contributed by atoms with Crippen molar-refractivity contribution in [1.82, 2.24) is 19.6 Å². The van der Waals surface area contributed by atoms with Crippen LogP contribution in [0.1, 0.15) is 43.0 Å². The van der Waals surface area contributed by atoms with Gasteiger partial charge >= 0.3 is 17.9 Å². The van der Waals surface area contributed by atoms with Crippen molar-refractivity contribution < 1.29 is 38.4 Å². The van der Waals surface area contributed by atoms with Crippen molar-refractivity contribution in [3.63, 3.8) is 0 Å². The van der Waals surface area contributed by atoms with Crippen LogP contribution in [0.3, 0.4) is 0 Å². The van der Waals surface area contributed by atoms with E-state index in [0.717, 1.165) is 0 Å². The number of aliphatic hydroxyl groups excluding tert-OH is 1. The molecule has 1 N–H and O–H groups in total. The fourth-order valence-electron chi connectivity index (χ4n) is 4.59. The highest BCUT2D eigenvalue weighted by Crippen LogP contribution is 2.36. The zero-order valence-electron chi connectivity index (χ0n) is 22.4. The minimum atomic E-state index is -1.84. The van der Waals surface area contributed by atoms with Crippen molar-refractivity contribution in [3.8, 4) is 0 Å². The SMILES string of the molecule is O=C(OC1C(OC(=O)c2ccccc2)[C@H](O)OC(c2nc3ncccn3n2)[C@H]1OC(=O)c1ccccc1)c1ccccc1. The summed E-state index contributed by atoms with van der Waals surface area (Å²) in [6.07, 6.45) is -4.72. The van der Waals surface area contributed by atoms with Gasteiger partial charge in [-0.25, -0.2) is 23.9 Å². The van der Waals surface area contributed by atoms with E-state index >= 15 is 0 Å². The molecule has 6 rings (SSSR count). The van der Waals surface area contributed by atoms with Crippen LogP contribution in [0, 0.1) is 0 Å². The molecule has 3 unspecified atom stereocenters. The Balaban J connectivity index is 1.42. The van der Waals surface area contributed by atoms with Gasteiger partial charge in [0.25, 0.3) is 5.78 Å². The molecular weight excluding hydrogens is 556 g/mol. The van der Waals surface area contributed by atoms with E-state index < -0.39 is 48.6 Å². The zero-order chi connectivity index (χ0) is 29.8. The molecule has 0 amide bonds. The number of aliphatic hydroxyl groups is 1. The van der Waals surface area contributed by atoms with Gasteiger partial charge in [0.15, 0.2) is 36.5 Å². The number of esters is 3. The van der Waals surface area contributed by atoms with E-state index in [4.69, 9.17) is 18.9 Å². The summed E-state index contributed by atoms with van der Waals surface area (Å²) in [5.41, 5.74) is 0.551. The number of fused-ring (bicyclic) bond motifs is 1. The largest absolute Gasteiger partial charge is 0.451 e. The standard InChI is InChI=1S/C31H24N4O8/c36-27(19-11-4-1-5-12-19)40-22-23(41-28(37)20-13-6-2-7-14-20)25(43-29(38)21-15-8-3-9-16-21)30(39)42-24(22)26-33-31-32-17-10-18-35(31)34-26/h1-18,22-25,30,39H/t22-,23?,24?,25?,30+/m0/s1. The maximum absolute atomic E-state index is 13.3. The minimum Gasteiger partial charge on any atom is -0.451 e. The van der Waals surface area contributed by atoms with Gasteiger partial charge in [-0.1, -0.05) is 54.6 Å². The average molecular weight is 581 g/mol. The molecule has 3 aromatic carbocycles. The highest BCUT2D eigenvalue weighted by atomic mass is 16.7. The first-order valence-corrected chi connectivity index (χ1v) is 13.3. The summed E-state index contributed by atoms with van der Waals surface area (Å²) in [5.74, 6) is -2.23. The lowest BCUT2D eigenvalue weighted by atomic mass is 9.97. The molecule has 0 radical (unpaired) electrons. The summed E-state index contributed by atoms with van der Waals surface area (Å²) in [5, 5.41) is 15.6. The molecule has 3 heterocycles. The van der Waals surface area contributed by atoms with E-state index in [1.54, 1.807) is 79.0 Å². The predicted octanol–water partition coefficient (Wildman–Crippen LogP) is 3.19. The van der Waals surface area contributed by atoms with Gasteiger partial charge in [0.1, 0.15) is 0 Å². The van der Waals surface area contributed by atoms with Crippen LogP contribution < -0.4 is 0 Å². The molecule has 12 heteroatoms. The summed E-state index contributed by atoms with van der Waals surface area (Å²) in [6.45, 7) is 0. The smallest absolute Gasteiger partial charge is 0.338 e. The van der Waals surface area contributed by atoms with Gasteiger partial charge in [-0.2, -0.15) is 4.98 Å². The van der Waals surface area contributed by atoms with Crippen LogP contribution in [0.2, 0.25) is 0 Å². The van der Waals surface area contributed by atoms with Crippen molar-refractivity contribution in [2.75, 3.05) is 0 Å². The lowest BCUT2D eigenvalue weighted by Crippen LogP contribution is -2.58. The lowest BCUT2D eigenvalue weighted by Gasteiger charge is -2.42. The van der Waals surface area contributed by atoms with Crippen LogP contribution in [0.25, 0.3) is 5.78 Å². The number of aromatic nitrogens is 4. The fraction of sp³-hybridized carbons (Fsp3) is 0.161. The van der Waals surface area contributed by atoms with Crippen molar-refractivity contribution >= 4 is 23.7 Å². The molecule has 0 aliphatic carbocycles. The molecular formula is C31H24N4O8. The third kappa shape index (κ3) is 5.96. The first-order chi connectivity index (χ1) is 21.0. The van der Waals surface area contributed by atoms with Gasteiger partial charge in [-0.15, -0.1) is 5.10 Å². The molecule has 5 atom stereocenters. The van der Waals surface area contributed by atoms with E-state index in [0.29, 0.717) is 0 Å². The maximum atomic E-state index is 13.3. The predicted molar refractivity (Wildman–Crippen MR) is 148 cm³/mol. The van der Waals surface area contributed by atoms with Crippen molar-refractivity contribution in [2.45, 2.75) is 30.7 Å². The molecule has 0 saturated carbocycles. The van der Waals surface area contributed by atoms with Gasteiger partial charge in [0.05, 0.1) is 16.7 Å². The second-order valence-corrected chi connectivity index (χ2v) is 9.49. The maximum Gasteiger partial charge on any atom is 0.338 e. The summed E-state index contributed by atoms with van der Waals surface area (Å²) >= 11 is 0. The Morgan fingerprint density at radius 3 is 1.67 bits per heavy atom. The summed E-state index contributed by atoms with van der Waals surface area (Å²) in [7, 11) is 0. The number of hydrogen-bond donors (Lipinski definition) is 1. The molecule has 12 nitrogen and oxygen atoms in total. The third-order valence-corrected chi connectivity index (χ3v) is 6.66.